The quantitative estimate of drug-likeness (QED) is 0.668. The molecule has 0 fully saturated rings. The highest BCUT2D eigenvalue weighted by Crippen LogP contribution is 2.20. The first-order chi connectivity index (χ1) is 12.0. The number of aliphatic hydroxyl groups excluding tert-OH is 1. The number of nitrogens with zero attached hydrogens (tertiary/aromatic N) is 1. The lowest BCUT2D eigenvalue weighted by Gasteiger charge is -2.13. The average Bonchev–Trinajstić information content (AvgIpc) is 2.99. The van der Waals surface area contributed by atoms with E-state index in [-0.39, 0.29) is 24.9 Å². The molecule has 0 radical (unpaired) electrons. The van der Waals surface area contributed by atoms with Gasteiger partial charge in [0.25, 0.3) is 0 Å². The SMILES string of the molecule is Cn1ccc2cc([C@@H](O)CNC(=O)NCc3ccc(F)cc3)ccc21. The van der Waals surface area contributed by atoms with Gasteiger partial charge in [-0.1, -0.05) is 18.2 Å². The predicted molar refractivity (Wildman–Crippen MR) is 94.5 cm³/mol. The minimum Gasteiger partial charge on any atom is -0.387 e. The molecule has 2 amide bonds. The van der Waals surface area contributed by atoms with Crippen molar-refractivity contribution in [2.45, 2.75) is 12.6 Å². The van der Waals surface area contributed by atoms with Crippen LogP contribution in [0, 0.1) is 5.82 Å². The van der Waals surface area contributed by atoms with Gasteiger partial charge in [-0.15, -0.1) is 0 Å². The van der Waals surface area contributed by atoms with E-state index in [9.17, 15) is 14.3 Å². The second-order valence-electron chi connectivity index (χ2n) is 5.95. The minimum atomic E-state index is -0.791. The number of aromatic nitrogens is 1. The fraction of sp³-hybridized carbons (Fsp3) is 0.211. The number of carbonyl (C=O) groups is 1. The summed E-state index contributed by atoms with van der Waals surface area (Å²) < 4.78 is 14.8. The molecule has 0 bridgehead atoms. The topological polar surface area (TPSA) is 66.3 Å². The van der Waals surface area contributed by atoms with Crippen LogP contribution in [0.4, 0.5) is 9.18 Å². The molecule has 0 aliphatic carbocycles. The number of nitrogens with one attached hydrogen (secondary N) is 2. The average molecular weight is 341 g/mol. The number of hydrogen-bond acceptors (Lipinski definition) is 2. The number of carbonyl (C=O) groups excluding carboxylic acids is 1. The van der Waals surface area contributed by atoms with Crippen LogP contribution in [0.15, 0.2) is 54.7 Å². The van der Waals surface area contributed by atoms with Crippen LogP contribution in [0.5, 0.6) is 0 Å². The first kappa shape index (κ1) is 17.0. The minimum absolute atomic E-state index is 0.105. The lowest BCUT2D eigenvalue weighted by atomic mass is 10.1. The van der Waals surface area contributed by atoms with E-state index < -0.39 is 6.10 Å². The molecule has 25 heavy (non-hydrogen) atoms. The van der Waals surface area contributed by atoms with Crippen molar-refractivity contribution in [2.24, 2.45) is 7.05 Å². The molecule has 6 heteroatoms. The van der Waals surface area contributed by atoms with E-state index in [1.807, 2.05) is 42.1 Å². The van der Waals surface area contributed by atoms with Crippen molar-refractivity contribution in [3.05, 3.63) is 71.7 Å². The van der Waals surface area contributed by atoms with Gasteiger partial charge in [0.15, 0.2) is 0 Å². The summed E-state index contributed by atoms with van der Waals surface area (Å²) >= 11 is 0. The molecule has 3 N–H and O–H groups in total. The van der Waals surface area contributed by atoms with E-state index in [2.05, 4.69) is 10.6 Å². The monoisotopic (exact) mass is 341 g/mol. The number of rotatable bonds is 5. The molecular formula is C19H20FN3O2. The Morgan fingerprint density at radius 2 is 1.92 bits per heavy atom. The van der Waals surface area contributed by atoms with Crippen LogP contribution in [0.25, 0.3) is 10.9 Å². The molecule has 1 heterocycles. The Kier molecular flexibility index (Phi) is 5.00. The lowest BCUT2D eigenvalue weighted by Crippen LogP contribution is -2.37. The molecule has 2 aromatic carbocycles. The summed E-state index contributed by atoms with van der Waals surface area (Å²) in [6.07, 6.45) is 1.17. The normalized spacial score (nSPS) is 12.1. The molecule has 0 unspecified atom stereocenters. The molecule has 0 aliphatic heterocycles. The maximum Gasteiger partial charge on any atom is 0.315 e. The van der Waals surface area contributed by atoms with E-state index in [0.717, 1.165) is 22.0 Å². The van der Waals surface area contributed by atoms with E-state index in [1.54, 1.807) is 12.1 Å². The zero-order chi connectivity index (χ0) is 17.8. The largest absolute Gasteiger partial charge is 0.387 e. The summed E-state index contributed by atoms with van der Waals surface area (Å²) in [6.45, 7) is 0.395. The van der Waals surface area contributed by atoms with Gasteiger partial charge < -0.3 is 20.3 Å². The van der Waals surface area contributed by atoms with Crippen LogP contribution in [0.2, 0.25) is 0 Å². The predicted octanol–water partition coefficient (Wildman–Crippen LogP) is 2.85. The third-order valence-electron chi connectivity index (χ3n) is 4.12. The summed E-state index contributed by atoms with van der Waals surface area (Å²) in [6, 6.07) is 13.2. The van der Waals surface area contributed by atoms with Crippen LogP contribution >= 0.6 is 0 Å². The molecule has 1 aromatic heterocycles. The van der Waals surface area contributed by atoms with Gasteiger partial charge in [-0.25, -0.2) is 9.18 Å². The van der Waals surface area contributed by atoms with Gasteiger partial charge in [-0.2, -0.15) is 0 Å². The highest BCUT2D eigenvalue weighted by Gasteiger charge is 2.11. The fourth-order valence-electron chi connectivity index (χ4n) is 2.66. The van der Waals surface area contributed by atoms with Crippen molar-refractivity contribution in [2.75, 3.05) is 6.54 Å². The van der Waals surface area contributed by atoms with Crippen molar-refractivity contribution in [3.8, 4) is 0 Å². The molecule has 1 atom stereocenters. The van der Waals surface area contributed by atoms with Crippen LogP contribution in [-0.4, -0.2) is 22.2 Å². The number of halogens is 1. The Bertz CT molecular complexity index is 874. The Morgan fingerprint density at radius 3 is 2.68 bits per heavy atom. The summed E-state index contributed by atoms with van der Waals surface area (Å²) in [5.74, 6) is -0.313. The van der Waals surface area contributed by atoms with E-state index in [1.165, 1.54) is 12.1 Å². The standard InChI is InChI=1S/C19H20FN3O2/c1-23-9-8-14-10-15(4-7-17(14)23)18(24)12-22-19(25)21-11-13-2-5-16(20)6-3-13/h2-10,18,24H,11-12H2,1H3,(H2,21,22,25)/t18-/m0/s1. The molecule has 0 aliphatic rings. The van der Waals surface area contributed by atoms with Gasteiger partial charge in [-0.3, -0.25) is 0 Å². The molecule has 3 rings (SSSR count). The summed E-state index contributed by atoms with van der Waals surface area (Å²) in [7, 11) is 1.96. The number of benzene rings is 2. The Morgan fingerprint density at radius 1 is 1.16 bits per heavy atom. The van der Waals surface area contributed by atoms with Crippen molar-refractivity contribution in [1.82, 2.24) is 15.2 Å². The molecule has 130 valence electrons. The first-order valence-corrected chi connectivity index (χ1v) is 8.02. The van der Waals surface area contributed by atoms with Crippen LogP contribution in [0.1, 0.15) is 17.2 Å². The lowest BCUT2D eigenvalue weighted by molar-refractivity contribution is 0.173. The Balaban J connectivity index is 1.51. The summed E-state index contributed by atoms with van der Waals surface area (Å²) in [4.78, 5) is 11.8. The van der Waals surface area contributed by atoms with Gasteiger partial charge in [0.2, 0.25) is 0 Å². The van der Waals surface area contributed by atoms with E-state index in [4.69, 9.17) is 0 Å². The number of urea groups is 1. The summed E-state index contributed by atoms with van der Waals surface area (Å²) in [5.41, 5.74) is 2.63. The molecule has 0 spiro atoms. The first-order valence-electron chi connectivity index (χ1n) is 8.02. The van der Waals surface area contributed by atoms with Crippen LogP contribution < -0.4 is 10.6 Å². The fourth-order valence-corrected chi connectivity index (χ4v) is 2.66. The van der Waals surface area contributed by atoms with E-state index in [0.29, 0.717) is 0 Å². The number of aryl methyl sites for hydroxylation is 1. The third kappa shape index (κ3) is 4.16. The third-order valence-corrected chi connectivity index (χ3v) is 4.12. The van der Waals surface area contributed by atoms with Crippen LogP contribution in [0.3, 0.4) is 0 Å². The maximum absolute atomic E-state index is 12.8. The van der Waals surface area contributed by atoms with Gasteiger partial charge in [0.05, 0.1) is 6.10 Å². The highest BCUT2D eigenvalue weighted by atomic mass is 19.1. The number of amides is 2. The molecule has 0 saturated heterocycles. The van der Waals surface area contributed by atoms with Gasteiger partial charge in [-0.05, 0) is 46.8 Å². The van der Waals surface area contributed by atoms with Crippen molar-refractivity contribution >= 4 is 16.9 Å². The number of aliphatic hydroxyl groups is 1. The maximum atomic E-state index is 12.8. The van der Waals surface area contributed by atoms with Crippen LogP contribution in [-0.2, 0) is 13.6 Å². The van der Waals surface area contributed by atoms with Gasteiger partial charge >= 0.3 is 6.03 Å². The smallest absolute Gasteiger partial charge is 0.315 e. The number of hydrogen-bond donors (Lipinski definition) is 3. The van der Waals surface area contributed by atoms with Crippen molar-refractivity contribution in [1.29, 1.82) is 0 Å². The van der Waals surface area contributed by atoms with Gasteiger partial charge in [0, 0.05) is 31.9 Å². The molecule has 5 nitrogen and oxygen atoms in total. The van der Waals surface area contributed by atoms with E-state index >= 15 is 0 Å². The zero-order valence-electron chi connectivity index (χ0n) is 13.9. The molecule has 0 saturated carbocycles. The van der Waals surface area contributed by atoms with Gasteiger partial charge in [0.1, 0.15) is 5.82 Å². The Labute approximate surface area is 145 Å². The molecular weight excluding hydrogens is 321 g/mol. The van der Waals surface area contributed by atoms with Crippen molar-refractivity contribution < 1.29 is 14.3 Å². The van der Waals surface area contributed by atoms with Crippen molar-refractivity contribution in [3.63, 3.8) is 0 Å². The number of fused-ring (bicyclic) bond motifs is 1. The highest BCUT2D eigenvalue weighted by molar-refractivity contribution is 5.81. The second kappa shape index (κ2) is 7.36. The second-order valence-corrected chi connectivity index (χ2v) is 5.95. The molecule has 3 aromatic rings. The Hall–Kier alpha value is -2.86. The summed E-state index contributed by atoms with van der Waals surface area (Å²) in [5, 5.41) is 16.6. The zero-order valence-corrected chi connectivity index (χ0v) is 13.9.